The molecule has 0 spiro atoms. The fourth-order valence-electron chi connectivity index (χ4n) is 3.95. The van der Waals surface area contributed by atoms with Crippen LogP contribution < -0.4 is 0 Å². The predicted octanol–water partition coefficient (Wildman–Crippen LogP) is 4.62. The molecule has 0 aromatic carbocycles. The molecule has 2 saturated carbocycles. The first-order chi connectivity index (χ1) is 10.7. The Labute approximate surface area is 140 Å². The van der Waals surface area contributed by atoms with Crippen molar-refractivity contribution in [1.29, 1.82) is 0 Å². The van der Waals surface area contributed by atoms with Gasteiger partial charge in [0, 0.05) is 30.4 Å². The topological polar surface area (TPSA) is 21.1 Å². The van der Waals surface area contributed by atoms with Crippen molar-refractivity contribution in [3.63, 3.8) is 0 Å². The Morgan fingerprint density at radius 3 is 2.27 bits per heavy atom. The van der Waals surface area contributed by atoms with Crippen molar-refractivity contribution in [2.24, 2.45) is 5.92 Å². The second-order valence-electron chi connectivity index (χ2n) is 7.27. The van der Waals surface area contributed by atoms with Gasteiger partial charge in [-0.15, -0.1) is 11.6 Å². The third-order valence-electron chi connectivity index (χ3n) is 5.38. The van der Waals surface area contributed by atoms with E-state index in [2.05, 4.69) is 34.7 Å². The van der Waals surface area contributed by atoms with Crippen molar-refractivity contribution in [1.82, 2.24) is 14.7 Å². The Kier molecular flexibility index (Phi) is 5.13. The van der Waals surface area contributed by atoms with Crippen LogP contribution in [0.2, 0.25) is 0 Å². The maximum Gasteiger partial charge on any atom is 0.0543 e. The zero-order valence-corrected chi connectivity index (χ0v) is 14.9. The lowest BCUT2D eigenvalue weighted by Crippen LogP contribution is -2.44. The van der Waals surface area contributed by atoms with Crippen molar-refractivity contribution < 1.29 is 0 Å². The molecule has 0 atom stereocenters. The van der Waals surface area contributed by atoms with Crippen molar-refractivity contribution in [3.8, 4) is 0 Å². The van der Waals surface area contributed by atoms with Gasteiger partial charge in [0.05, 0.1) is 18.1 Å². The summed E-state index contributed by atoms with van der Waals surface area (Å²) in [6.07, 6.45) is 13.7. The number of hydrogen-bond donors (Lipinski definition) is 0. The Bertz CT molecular complexity index is 468. The van der Waals surface area contributed by atoms with Crippen LogP contribution in [0.3, 0.4) is 0 Å². The number of hydrogen-bond acceptors (Lipinski definition) is 2. The Morgan fingerprint density at radius 1 is 1.18 bits per heavy atom. The molecule has 22 heavy (non-hydrogen) atoms. The molecule has 1 aromatic heterocycles. The van der Waals surface area contributed by atoms with Gasteiger partial charge in [0.15, 0.2) is 0 Å². The summed E-state index contributed by atoms with van der Waals surface area (Å²) < 4.78 is 2.14. The standard InChI is InChI=1S/C15H22ClN3.C3H8/c16-9-12-10-17-19(11-12)14-3-7-18(8-4-14)15(5-6-15)13-1-2-13;1-3-2/h10-11,13-14H,1-9H2;3H2,1-2H3. The molecule has 1 aromatic rings. The van der Waals surface area contributed by atoms with Gasteiger partial charge in [0.25, 0.3) is 0 Å². The highest BCUT2D eigenvalue weighted by molar-refractivity contribution is 6.17. The monoisotopic (exact) mass is 323 g/mol. The van der Waals surface area contributed by atoms with Gasteiger partial charge in [-0.05, 0) is 44.4 Å². The van der Waals surface area contributed by atoms with Crippen LogP contribution in [0.5, 0.6) is 0 Å². The molecule has 1 aliphatic heterocycles. The quantitative estimate of drug-likeness (QED) is 0.754. The number of nitrogens with zero attached hydrogens (tertiary/aromatic N) is 3. The van der Waals surface area contributed by atoms with E-state index in [-0.39, 0.29) is 0 Å². The van der Waals surface area contributed by atoms with Crippen LogP contribution in [0, 0.1) is 5.92 Å². The molecule has 4 heteroatoms. The molecular formula is C18H30ClN3. The van der Waals surface area contributed by atoms with Gasteiger partial charge in [-0.25, -0.2) is 0 Å². The van der Waals surface area contributed by atoms with Crippen LogP contribution in [0.4, 0.5) is 0 Å². The zero-order chi connectivity index (χ0) is 15.6. The second kappa shape index (κ2) is 6.92. The van der Waals surface area contributed by atoms with Crippen LogP contribution in [-0.4, -0.2) is 33.3 Å². The van der Waals surface area contributed by atoms with Crippen molar-refractivity contribution in [2.75, 3.05) is 13.1 Å². The van der Waals surface area contributed by atoms with Crippen molar-refractivity contribution in [3.05, 3.63) is 18.0 Å². The Morgan fingerprint density at radius 2 is 1.82 bits per heavy atom. The number of aromatic nitrogens is 2. The fraction of sp³-hybridized carbons (Fsp3) is 0.833. The first-order valence-electron chi connectivity index (χ1n) is 9.07. The summed E-state index contributed by atoms with van der Waals surface area (Å²) in [6.45, 7) is 6.77. The average molecular weight is 324 g/mol. The van der Waals surface area contributed by atoms with E-state index in [0.717, 1.165) is 11.5 Å². The highest BCUT2D eigenvalue weighted by Gasteiger charge is 2.57. The van der Waals surface area contributed by atoms with Crippen LogP contribution in [0.1, 0.15) is 70.4 Å². The van der Waals surface area contributed by atoms with Gasteiger partial charge < -0.3 is 0 Å². The number of likely N-dealkylation sites (tertiary alicyclic amines) is 1. The van der Waals surface area contributed by atoms with Crippen LogP contribution in [-0.2, 0) is 5.88 Å². The van der Waals surface area contributed by atoms with Gasteiger partial charge >= 0.3 is 0 Å². The van der Waals surface area contributed by atoms with E-state index in [1.807, 2.05) is 6.20 Å². The lowest BCUT2D eigenvalue weighted by molar-refractivity contribution is 0.102. The van der Waals surface area contributed by atoms with E-state index in [1.165, 1.54) is 58.0 Å². The molecule has 2 aliphatic carbocycles. The number of halogens is 1. The molecule has 4 rings (SSSR count). The highest BCUT2D eigenvalue weighted by Crippen LogP contribution is 2.58. The predicted molar refractivity (Wildman–Crippen MR) is 92.3 cm³/mol. The normalized spacial score (nSPS) is 24.7. The SMILES string of the molecule is CCC.ClCc1cnn(C2CCN(C3(C4CC4)CC3)CC2)c1. The van der Waals surface area contributed by atoms with E-state index in [4.69, 9.17) is 11.6 Å². The highest BCUT2D eigenvalue weighted by atomic mass is 35.5. The minimum atomic E-state index is 0.573. The van der Waals surface area contributed by atoms with E-state index in [9.17, 15) is 0 Å². The lowest BCUT2D eigenvalue weighted by Gasteiger charge is -2.38. The molecule has 0 amide bonds. The second-order valence-corrected chi connectivity index (χ2v) is 7.53. The third kappa shape index (κ3) is 3.35. The van der Waals surface area contributed by atoms with E-state index < -0.39 is 0 Å². The largest absolute Gasteiger partial charge is 0.297 e. The lowest BCUT2D eigenvalue weighted by atomic mass is 10.00. The maximum atomic E-state index is 5.85. The Balaban J connectivity index is 0.000000446. The van der Waals surface area contributed by atoms with Gasteiger partial charge in [-0.1, -0.05) is 20.3 Å². The summed E-state index contributed by atoms with van der Waals surface area (Å²) >= 11 is 5.85. The summed E-state index contributed by atoms with van der Waals surface area (Å²) in [4.78, 5) is 2.80. The smallest absolute Gasteiger partial charge is 0.0543 e. The number of piperidine rings is 1. The Hall–Kier alpha value is -0.540. The van der Waals surface area contributed by atoms with Crippen molar-refractivity contribution >= 4 is 11.6 Å². The third-order valence-corrected chi connectivity index (χ3v) is 5.69. The molecule has 3 nitrogen and oxygen atoms in total. The zero-order valence-electron chi connectivity index (χ0n) is 14.1. The summed E-state index contributed by atoms with van der Waals surface area (Å²) in [6, 6.07) is 0.586. The minimum Gasteiger partial charge on any atom is -0.297 e. The molecule has 0 N–H and O–H groups in total. The van der Waals surface area contributed by atoms with Crippen LogP contribution in [0.15, 0.2) is 12.4 Å². The summed E-state index contributed by atoms with van der Waals surface area (Å²) in [5.74, 6) is 1.61. The maximum absolute atomic E-state index is 5.85. The molecule has 0 bridgehead atoms. The van der Waals surface area contributed by atoms with E-state index >= 15 is 0 Å². The molecular weight excluding hydrogens is 294 g/mol. The summed E-state index contributed by atoms with van der Waals surface area (Å²) in [7, 11) is 0. The molecule has 3 fully saturated rings. The molecule has 3 aliphatic rings. The number of rotatable bonds is 4. The molecule has 1 saturated heterocycles. The molecule has 2 heterocycles. The van der Waals surface area contributed by atoms with Crippen LogP contribution >= 0.6 is 11.6 Å². The molecule has 124 valence electrons. The van der Waals surface area contributed by atoms with Gasteiger partial charge in [-0.2, -0.15) is 5.10 Å². The summed E-state index contributed by atoms with van der Waals surface area (Å²) in [5.41, 5.74) is 1.79. The van der Waals surface area contributed by atoms with Gasteiger partial charge in [-0.3, -0.25) is 9.58 Å². The minimum absolute atomic E-state index is 0.573. The van der Waals surface area contributed by atoms with Gasteiger partial charge in [0.1, 0.15) is 0 Å². The molecule has 0 unspecified atom stereocenters. The number of alkyl halides is 1. The summed E-state index contributed by atoms with van der Waals surface area (Å²) in [5, 5.41) is 4.47. The first kappa shape index (κ1) is 16.3. The van der Waals surface area contributed by atoms with E-state index in [1.54, 1.807) is 0 Å². The fourth-order valence-corrected chi connectivity index (χ4v) is 4.09. The van der Waals surface area contributed by atoms with Gasteiger partial charge in [0.2, 0.25) is 0 Å². The van der Waals surface area contributed by atoms with E-state index in [0.29, 0.717) is 17.5 Å². The van der Waals surface area contributed by atoms with Crippen molar-refractivity contribution in [2.45, 2.75) is 76.3 Å². The van der Waals surface area contributed by atoms with Crippen LogP contribution in [0.25, 0.3) is 0 Å². The molecule has 0 radical (unpaired) electrons. The first-order valence-corrected chi connectivity index (χ1v) is 9.61. The average Bonchev–Trinajstić information content (AvgIpc) is 3.45.